The summed E-state index contributed by atoms with van der Waals surface area (Å²) in [6.07, 6.45) is -1.93. The van der Waals surface area contributed by atoms with Gasteiger partial charge in [0.2, 0.25) is 0 Å². The van der Waals surface area contributed by atoms with Crippen LogP contribution < -0.4 is 0 Å². The smallest absolute Gasteiger partial charge is 0.367 e. The maximum atomic E-state index is 13.0. The van der Waals surface area contributed by atoms with Gasteiger partial charge in [0.05, 0.1) is 5.56 Å². The molecule has 0 heterocycles. The van der Waals surface area contributed by atoms with E-state index < -0.39 is 23.1 Å². The molecule has 0 unspecified atom stereocenters. The van der Waals surface area contributed by atoms with Gasteiger partial charge in [0, 0.05) is 12.2 Å². The molecular formula is C15H17F3O2. The van der Waals surface area contributed by atoms with Gasteiger partial charge in [-0.2, -0.15) is 13.2 Å². The molecule has 0 aliphatic heterocycles. The van der Waals surface area contributed by atoms with Crippen LogP contribution in [0.15, 0.2) is 24.3 Å². The molecule has 110 valence electrons. The fourth-order valence-corrected chi connectivity index (χ4v) is 2.83. The monoisotopic (exact) mass is 286 g/mol. The van der Waals surface area contributed by atoms with Gasteiger partial charge in [-0.15, -0.1) is 0 Å². The van der Waals surface area contributed by atoms with Crippen LogP contribution in [0.5, 0.6) is 0 Å². The Hall–Kier alpha value is -1.36. The van der Waals surface area contributed by atoms with Crippen molar-refractivity contribution in [2.75, 3.05) is 6.61 Å². The predicted octanol–water partition coefficient (Wildman–Crippen LogP) is 4.24. The first-order valence-electron chi connectivity index (χ1n) is 6.76. The minimum Gasteiger partial charge on any atom is -0.367 e. The van der Waals surface area contributed by atoms with Crippen molar-refractivity contribution in [3.05, 3.63) is 35.4 Å². The van der Waals surface area contributed by atoms with Crippen molar-refractivity contribution in [1.82, 2.24) is 0 Å². The molecule has 1 saturated carbocycles. The molecule has 2 nitrogen and oxygen atoms in total. The molecule has 1 aromatic rings. The van der Waals surface area contributed by atoms with Gasteiger partial charge in [-0.25, -0.2) is 0 Å². The highest BCUT2D eigenvalue weighted by Crippen LogP contribution is 2.39. The van der Waals surface area contributed by atoms with Crippen molar-refractivity contribution in [3.63, 3.8) is 0 Å². The van der Waals surface area contributed by atoms with Crippen LogP contribution in [0, 0.1) is 0 Å². The number of ether oxygens (including phenoxy) is 1. The molecule has 1 aliphatic rings. The number of Topliss-reactive ketones (excluding diaryl/α,β-unsaturated/α-hetero) is 1. The Morgan fingerprint density at radius 1 is 1.25 bits per heavy atom. The van der Waals surface area contributed by atoms with Crippen LogP contribution in [-0.2, 0) is 10.9 Å². The Morgan fingerprint density at radius 2 is 1.85 bits per heavy atom. The minimum atomic E-state index is -4.53. The molecule has 0 amide bonds. The molecule has 0 N–H and O–H groups in total. The molecule has 0 spiro atoms. The predicted molar refractivity (Wildman–Crippen MR) is 68.6 cm³/mol. The zero-order valence-corrected chi connectivity index (χ0v) is 11.3. The number of hydrogen-bond donors (Lipinski definition) is 0. The van der Waals surface area contributed by atoms with Gasteiger partial charge in [-0.05, 0) is 38.7 Å². The second-order valence-electron chi connectivity index (χ2n) is 5.01. The molecule has 1 aliphatic carbocycles. The molecule has 0 radical (unpaired) electrons. The number of alkyl halides is 3. The van der Waals surface area contributed by atoms with Crippen molar-refractivity contribution in [2.24, 2.45) is 0 Å². The summed E-state index contributed by atoms with van der Waals surface area (Å²) in [4.78, 5) is 12.6. The highest BCUT2D eigenvalue weighted by molar-refractivity contribution is 6.04. The Balaban J connectivity index is 2.43. The molecule has 0 saturated heterocycles. The zero-order chi connectivity index (χ0) is 14.8. The second kappa shape index (κ2) is 5.56. The lowest BCUT2D eigenvalue weighted by molar-refractivity contribution is -0.138. The fourth-order valence-electron chi connectivity index (χ4n) is 2.83. The summed E-state index contributed by atoms with van der Waals surface area (Å²) in [6, 6.07) is 4.94. The summed E-state index contributed by atoms with van der Waals surface area (Å²) in [5.41, 5.74) is -2.23. The molecule has 0 atom stereocenters. The number of hydrogen-bond acceptors (Lipinski definition) is 2. The summed E-state index contributed by atoms with van der Waals surface area (Å²) < 4.78 is 44.6. The highest BCUT2D eigenvalue weighted by atomic mass is 19.4. The number of benzene rings is 1. The third-order valence-electron chi connectivity index (χ3n) is 3.72. The van der Waals surface area contributed by atoms with Crippen molar-refractivity contribution in [2.45, 2.75) is 44.4 Å². The van der Waals surface area contributed by atoms with Crippen LogP contribution in [0.3, 0.4) is 0 Å². The van der Waals surface area contributed by atoms with Crippen LogP contribution in [0.4, 0.5) is 13.2 Å². The number of carbonyl (C=O) groups is 1. The van der Waals surface area contributed by atoms with Crippen molar-refractivity contribution >= 4 is 5.78 Å². The van der Waals surface area contributed by atoms with Crippen LogP contribution in [0.1, 0.15) is 48.5 Å². The van der Waals surface area contributed by atoms with E-state index in [1.165, 1.54) is 18.2 Å². The summed E-state index contributed by atoms with van der Waals surface area (Å²) in [7, 11) is 0. The van der Waals surface area contributed by atoms with E-state index in [4.69, 9.17) is 4.74 Å². The maximum absolute atomic E-state index is 13.0. The topological polar surface area (TPSA) is 26.3 Å². The average molecular weight is 286 g/mol. The first-order chi connectivity index (χ1) is 9.41. The lowest BCUT2D eigenvalue weighted by atomic mass is 9.88. The first kappa shape index (κ1) is 15.0. The zero-order valence-electron chi connectivity index (χ0n) is 11.3. The number of rotatable bonds is 4. The summed E-state index contributed by atoms with van der Waals surface area (Å²) >= 11 is 0. The molecule has 20 heavy (non-hydrogen) atoms. The molecule has 5 heteroatoms. The van der Waals surface area contributed by atoms with Gasteiger partial charge < -0.3 is 4.74 Å². The van der Waals surface area contributed by atoms with Gasteiger partial charge >= 0.3 is 6.18 Å². The lowest BCUT2D eigenvalue weighted by Crippen LogP contribution is -2.39. The third kappa shape index (κ3) is 2.73. The van der Waals surface area contributed by atoms with Crippen molar-refractivity contribution in [3.8, 4) is 0 Å². The number of carbonyl (C=O) groups excluding carboxylic acids is 1. The second-order valence-corrected chi connectivity index (χ2v) is 5.01. The Bertz CT molecular complexity index is 488. The van der Waals surface area contributed by atoms with Gasteiger partial charge in [0.1, 0.15) is 5.60 Å². The first-order valence-corrected chi connectivity index (χ1v) is 6.76. The Labute approximate surface area is 115 Å². The molecular weight excluding hydrogens is 269 g/mol. The summed E-state index contributed by atoms with van der Waals surface area (Å²) in [5.74, 6) is -0.537. The quantitative estimate of drug-likeness (QED) is 0.774. The van der Waals surface area contributed by atoms with E-state index in [0.29, 0.717) is 19.4 Å². The summed E-state index contributed by atoms with van der Waals surface area (Å²) in [6.45, 7) is 2.07. The van der Waals surface area contributed by atoms with Crippen molar-refractivity contribution < 1.29 is 22.7 Å². The van der Waals surface area contributed by atoms with Crippen LogP contribution in [0.25, 0.3) is 0 Å². The Morgan fingerprint density at radius 3 is 2.40 bits per heavy atom. The molecule has 1 aromatic carbocycles. The molecule has 0 bridgehead atoms. The fraction of sp³-hybridized carbons (Fsp3) is 0.533. The molecule has 0 aromatic heterocycles. The standard InChI is InChI=1S/C15H17F3O2/c1-2-20-14(9-5-6-10-14)13(19)11-7-3-4-8-12(11)15(16,17)18/h3-4,7-8H,2,5-6,9-10H2,1H3. The van der Waals surface area contributed by atoms with E-state index in [2.05, 4.69) is 0 Å². The van der Waals surface area contributed by atoms with E-state index in [-0.39, 0.29) is 5.56 Å². The minimum absolute atomic E-state index is 0.282. The SMILES string of the molecule is CCOC1(C(=O)c2ccccc2C(F)(F)F)CCCC1. The van der Waals surface area contributed by atoms with Gasteiger partial charge in [-0.3, -0.25) is 4.79 Å². The summed E-state index contributed by atoms with van der Waals surface area (Å²) in [5, 5.41) is 0. The van der Waals surface area contributed by atoms with E-state index >= 15 is 0 Å². The van der Waals surface area contributed by atoms with Crippen LogP contribution in [0.2, 0.25) is 0 Å². The van der Waals surface area contributed by atoms with Gasteiger partial charge in [-0.1, -0.05) is 18.2 Å². The van der Waals surface area contributed by atoms with E-state index in [9.17, 15) is 18.0 Å². The van der Waals surface area contributed by atoms with E-state index in [1.807, 2.05) is 0 Å². The maximum Gasteiger partial charge on any atom is 0.417 e. The number of ketones is 1. The van der Waals surface area contributed by atoms with Gasteiger partial charge in [0.25, 0.3) is 0 Å². The Kier molecular flexibility index (Phi) is 4.18. The number of halogens is 3. The van der Waals surface area contributed by atoms with Gasteiger partial charge in [0.15, 0.2) is 5.78 Å². The molecule has 1 fully saturated rings. The normalized spacial score (nSPS) is 18.2. The van der Waals surface area contributed by atoms with Crippen molar-refractivity contribution in [1.29, 1.82) is 0 Å². The largest absolute Gasteiger partial charge is 0.417 e. The highest BCUT2D eigenvalue weighted by Gasteiger charge is 2.45. The molecule has 2 rings (SSSR count). The van der Waals surface area contributed by atoms with Crippen LogP contribution >= 0.6 is 0 Å². The third-order valence-corrected chi connectivity index (χ3v) is 3.72. The average Bonchev–Trinajstić information content (AvgIpc) is 2.87. The van der Waals surface area contributed by atoms with E-state index in [1.54, 1.807) is 6.92 Å². The van der Waals surface area contributed by atoms with E-state index in [0.717, 1.165) is 18.9 Å². The van der Waals surface area contributed by atoms with Crippen LogP contribution in [-0.4, -0.2) is 18.0 Å². The lowest BCUT2D eigenvalue weighted by Gasteiger charge is -2.28.